The topological polar surface area (TPSA) is 98.5 Å². The minimum absolute atomic E-state index is 0.0360. The lowest BCUT2D eigenvalue weighted by atomic mass is 10.1. The normalized spacial score (nSPS) is 16.9. The molecule has 1 heterocycles. The number of aryl methyl sites for hydroxylation is 1. The number of hydrogen-bond donors (Lipinski definition) is 2. The molecular weight excluding hydrogens is 396 g/mol. The second-order valence-electron chi connectivity index (χ2n) is 6.62. The van der Waals surface area contributed by atoms with Gasteiger partial charge in [0, 0.05) is 22.9 Å². The molecule has 3 N–H and O–H groups in total. The molecule has 0 spiro atoms. The fraction of sp³-hybridized carbons (Fsp3) is 0.350. The van der Waals surface area contributed by atoms with Crippen LogP contribution in [0.3, 0.4) is 0 Å². The second-order valence-corrected chi connectivity index (χ2v) is 9.21. The molecule has 1 atom stereocenters. The number of ether oxygens (including phenoxy) is 1. The van der Waals surface area contributed by atoms with Crippen molar-refractivity contribution < 1.29 is 17.9 Å². The highest BCUT2D eigenvalue weighted by atomic mass is 32.2. The van der Waals surface area contributed by atoms with Gasteiger partial charge in [0.25, 0.3) is 5.91 Å². The van der Waals surface area contributed by atoms with Crippen LogP contribution in [-0.2, 0) is 21.2 Å². The van der Waals surface area contributed by atoms with Crippen molar-refractivity contribution in [2.45, 2.75) is 42.1 Å². The zero-order valence-electron chi connectivity index (χ0n) is 15.7. The number of carbonyl (C=O) groups excluding carboxylic acids is 1. The molecule has 2 aromatic rings. The molecule has 1 saturated heterocycles. The Hall–Kier alpha value is -1.87. The van der Waals surface area contributed by atoms with Gasteiger partial charge in [-0.25, -0.2) is 13.6 Å². The molecule has 8 heteroatoms. The largest absolute Gasteiger partial charge is 0.377 e. The molecule has 2 aromatic carbocycles. The quantitative estimate of drug-likeness (QED) is 0.669. The van der Waals surface area contributed by atoms with E-state index in [9.17, 15) is 13.2 Å². The fourth-order valence-electron chi connectivity index (χ4n) is 3.13. The van der Waals surface area contributed by atoms with Crippen LogP contribution in [0.2, 0.25) is 0 Å². The summed E-state index contributed by atoms with van der Waals surface area (Å²) in [5.74, 6) is 0.505. The van der Waals surface area contributed by atoms with Gasteiger partial charge in [-0.05, 0) is 49.1 Å². The average Bonchev–Trinajstić information content (AvgIpc) is 3.19. The summed E-state index contributed by atoms with van der Waals surface area (Å²) in [5, 5.41) is 8.10. The number of thioether (sulfide) groups is 1. The molecule has 0 radical (unpaired) electrons. The number of sulfonamides is 1. The molecular formula is C20H24N2O4S2. The van der Waals surface area contributed by atoms with E-state index in [2.05, 4.69) is 5.32 Å². The SMILES string of the molecule is CCc1ccc(NC(=O)c2ccccc2SCC2CCCO2)cc1S(N)(=O)=O. The van der Waals surface area contributed by atoms with Gasteiger partial charge >= 0.3 is 0 Å². The summed E-state index contributed by atoms with van der Waals surface area (Å²) in [7, 11) is -3.86. The third-order valence-corrected chi connectivity index (χ3v) is 6.79. The predicted octanol–water partition coefficient (Wildman–Crippen LogP) is 3.42. The number of hydrogen-bond acceptors (Lipinski definition) is 5. The van der Waals surface area contributed by atoms with E-state index in [0.717, 1.165) is 30.1 Å². The van der Waals surface area contributed by atoms with Crippen molar-refractivity contribution in [3.05, 3.63) is 53.6 Å². The van der Waals surface area contributed by atoms with E-state index in [-0.39, 0.29) is 16.9 Å². The molecule has 0 bridgehead atoms. The van der Waals surface area contributed by atoms with Crippen molar-refractivity contribution in [2.24, 2.45) is 5.14 Å². The van der Waals surface area contributed by atoms with Crippen LogP contribution < -0.4 is 10.5 Å². The van der Waals surface area contributed by atoms with E-state index in [4.69, 9.17) is 9.88 Å². The highest BCUT2D eigenvalue weighted by Crippen LogP contribution is 2.28. The third-order valence-electron chi connectivity index (χ3n) is 4.59. The van der Waals surface area contributed by atoms with Crippen LogP contribution in [0.5, 0.6) is 0 Å². The first-order valence-electron chi connectivity index (χ1n) is 9.19. The molecule has 150 valence electrons. The molecule has 1 amide bonds. The summed E-state index contributed by atoms with van der Waals surface area (Å²) >= 11 is 1.59. The first kappa shape index (κ1) is 20.9. The van der Waals surface area contributed by atoms with E-state index >= 15 is 0 Å². The van der Waals surface area contributed by atoms with Crippen LogP contribution in [0.15, 0.2) is 52.3 Å². The van der Waals surface area contributed by atoms with Crippen molar-refractivity contribution in [1.29, 1.82) is 0 Å². The smallest absolute Gasteiger partial charge is 0.256 e. The Labute approximate surface area is 169 Å². The van der Waals surface area contributed by atoms with Gasteiger partial charge in [0.2, 0.25) is 10.0 Å². The number of benzene rings is 2. The average molecular weight is 421 g/mol. The molecule has 1 aliphatic rings. The van der Waals surface area contributed by atoms with Crippen LogP contribution in [0.1, 0.15) is 35.7 Å². The van der Waals surface area contributed by atoms with Crippen LogP contribution >= 0.6 is 11.8 Å². The number of carbonyl (C=O) groups is 1. The lowest BCUT2D eigenvalue weighted by Gasteiger charge is -2.13. The highest BCUT2D eigenvalue weighted by molar-refractivity contribution is 7.99. The second kappa shape index (κ2) is 9.09. The maximum absolute atomic E-state index is 12.8. The van der Waals surface area contributed by atoms with Crippen molar-refractivity contribution in [1.82, 2.24) is 0 Å². The van der Waals surface area contributed by atoms with Gasteiger partial charge in [0.15, 0.2) is 0 Å². The van der Waals surface area contributed by atoms with Crippen molar-refractivity contribution in [2.75, 3.05) is 17.7 Å². The van der Waals surface area contributed by atoms with E-state index in [0.29, 0.717) is 23.2 Å². The van der Waals surface area contributed by atoms with Crippen LogP contribution in [0.25, 0.3) is 0 Å². The zero-order chi connectivity index (χ0) is 20.1. The zero-order valence-corrected chi connectivity index (χ0v) is 17.3. The highest BCUT2D eigenvalue weighted by Gasteiger charge is 2.19. The number of nitrogens with two attached hydrogens (primary N) is 1. The third kappa shape index (κ3) is 5.14. The Bertz CT molecular complexity index is 954. The summed E-state index contributed by atoms with van der Waals surface area (Å²) in [6, 6.07) is 12.1. The standard InChI is InChI=1S/C20H24N2O4S2/c1-2-14-9-10-15(12-19(14)28(21,24)25)22-20(23)17-7-3-4-8-18(17)27-13-16-6-5-11-26-16/h3-4,7-10,12,16H,2,5-6,11,13H2,1H3,(H,22,23)(H2,21,24,25). The Morgan fingerprint density at radius 2 is 2.07 bits per heavy atom. The van der Waals surface area contributed by atoms with Gasteiger partial charge in [-0.1, -0.05) is 25.1 Å². The van der Waals surface area contributed by atoms with Crippen LogP contribution in [-0.4, -0.2) is 32.8 Å². The number of amides is 1. The van der Waals surface area contributed by atoms with E-state index in [1.165, 1.54) is 6.07 Å². The lowest BCUT2D eigenvalue weighted by Crippen LogP contribution is -2.17. The van der Waals surface area contributed by atoms with Crippen LogP contribution in [0, 0.1) is 0 Å². The number of primary sulfonamides is 1. The summed E-state index contributed by atoms with van der Waals surface area (Å²) in [4.78, 5) is 13.7. The molecule has 0 aliphatic carbocycles. The molecule has 6 nitrogen and oxygen atoms in total. The number of nitrogens with one attached hydrogen (secondary N) is 1. The Kier molecular flexibility index (Phi) is 6.77. The molecule has 0 saturated carbocycles. The Morgan fingerprint density at radius 3 is 2.75 bits per heavy atom. The van der Waals surface area contributed by atoms with Gasteiger partial charge < -0.3 is 10.1 Å². The van der Waals surface area contributed by atoms with Gasteiger partial charge in [-0.3, -0.25) is 4.79 Å². The monoisotopic (exact) mass is 420 g/mol. The molecule has 1 unspecified atom stereocenters. The minimum Gasteiger partial charge on any atom is -0.377 e. The van der Waals surface area contributed by atoms with E-state index < -0.39 is 10.0 Å². The van der Waals surface area contributed by atoms with Crippen molar-refractivity contribution in [3.63, 3.8) is 0 Å². The summed E-state index contributed by atoms with van der Waals surface area (Å²) < 4.78 is 29.3. The van der Waals surface area contributed by atoms with Gasteiger partial charge in [-0.15, -0.1) is 11.8 Å². The molecule has 3 rings (SSSR count). The van der Waals surface area contributed by atoms with Crippen molar-refractivity contribution in [3.8, 4) is 0 Å². The maximum Gasteiger partial charge on any atom is 0.256 e. The maximum atomic E-state index is 12.8. The van der Waals surface area contributed by atoms with Crippen molar-refractivity contribution >= 4 is 33.4 Å². The Balaban J connectivity index is 1.78. The van der Waals surface area contributed by atoms with E-state index in [1.807, 2.05) is 19.1 Å². The fourth-order valence-corrected chi connectivity index (χ4v) is 5.11. The van der Waals surface area contributed by atoms with E-state index in [1.54, 1.807) is 36.0 Å². The van der Waals surface area contributed by atoms with Crippen LogP contribution in [0.4, 0.5) is 5.69 Å². The van der Waals surface area contributed by atoms with Gasteiger partial charge in [0.05, 0.1) is 16.6 Å². The van der Waals surface area contributed by atoms with Gasteiger partial charge in [0.1, 0.15) is 0 Å². The van der Waals surface area contributed by atoms with Gasteiger partial charge in [-0.2, -0.15) is 0 Å². The lowest BCUT2D eigenvalue weighted by molar-refractivity contribution is 0.102. The predicted molar refractivity (Wildman–Crippen MR) is 111 cm³/mol. The molecule has 1 fully saturated rings. The minimum atomic E-state index is -3.86. The molecule has 28 heavy (non-hydrogen) atoms. The summed E-state index contributed by atoms with van der Waals surface area (Å²) in [6.07, 6.45) is 2.87. The first-order chi connectivity index (χ1) is 13.4. The summed E-state index contributed by atoms with van der Waals surface area (Å²) in [5.41, 5.74) is 1.56. The summed E-state index contributed by atoms with van der Waals surface area (Å²) in [6.45, 7) is 2.65. The number of rotatable bonds is 7. The Morgan fingerprint density at radius 1 is 1.29 bits per heavy atom. The first-order valence-corrected chi connectivity index (χ1v) is 11.7. The number of anilines is 1. The molecule has 1 aliphatic heterocycles. The molecule has 0 aromatic heterocycles.